The highest BCUT2D eigenvalue weighted by Gasteiger charge is 2.44. The number of para-hydroxylation sites is 1. The lowest BCUT2D eigenvalue weighted by Crippen LogP contribution is -2.34. The molecule has 2 heterocycles. The van der Waals surface area contributed by atoms with Crippen molar-refractivity contribution in [3.05, 3.63) is 119 Å². The molecule has 0 spiro atoms. The molecule has 0 bridgehead atoms. The smallest absolute Gasteiger partial charge is 0.240 e. The van der Waals surface area contributed by atoms with Gasteiger partial charge in [-0.1, -0.05) is 92.2 Å². The summed E-state index contributed by atoms with van der Waals surface area (Å²) in [5, 5.41) is 0. The van der Waals surface area contributed by atoms with Crippen LogP contribution in [-0.2, 0) is 4.79 Å². The summed E-state index contributed by atoms with van der Waals surface area (Å²) in [5.74, 6) is 1.48. The molecule has 0 saturated carbocycles. The Morgan fingerprint density at radius 3 is 2.08 bits per heavy atom. The molecule has 0 radical (unpaired) electrons. The molecular weight excluding hydrogens is 474 g/mol. The van der Waals surface area contributed by atoms with E-state index in [0.717, 1.165) is 40.8 Å². The molecular formula is C33H31NO4. The Kier molecular flexibility index (Phi) is 6.74. The topological polar surface area (TPSA) is 48.0 Å². The lowest BCUT2D eigenvalue weighted by molar-refractivity contribution is -0.118. The SMILES string of the molecule is CCCCOc1cc2c(cc1C1C(=O)N(C(c3ccccc3)c3ccccc3)c3ccccc31)OCCO2. The molecule has 1 amide bonds. The Labute approximate surface area is 223 Å². The fourth-order valence-corrected chi connectivity index (χ4v) is 5.43. The Morgan fingerprint density at radius 1 is 0.816 bits per heavy atom. The second kappa shape index (κ2) is 10.6. The van der Waals surface area contributed by atoms with Gasteiger partial charge in [-0.2, -0.15) is 0 Å². The summed E-state index contributed by atoms with van der Waals surface area (Å²) >= 11 is 0. The molecule has 0 N–H and O–H groups in total. The van der Waals surface area contributed by atoms with E-state index in [2.05, 4.69) is 37.3 Å². The number of unbranched alkanes of at least 4 members (excludes halogenated alkanes) is 1. The number of rotatable bonds is 8. The predicted octanol–water partition coefficient (Wildman–Crippen LogP) is 6.90. The van der Waals surface area contributed by atoms with Gasteiger partial charge < -0.3 is 14.2 Å². The maximum atomic E-state index is 14.6. The minimum absolute atomic E-state index is 0.0147. The summed E-state index contributed by atoms with van der Waals surface area (Å²) in [6.45, 7) is 3.69. The van der Waals surface area contributed by atoms with Crippen molar-refractivity contribution < 1.29 is 19.0 Å². The van der Waals surface area contributed by atoms with E-state index in [4.69, 9.17) is 14.2 Å². The first kappa shape index (κ1) is 24.1. The predicted molar refractivity (Wildman–Crippen MR) is 148 cm³/mol. The second-order valence-electron chi connectivity index (χ2n) is 9.66. The number of benzene rings is 4. The summed E-state index contributed by atoms with van der Waals surface area (Å²) in [6, 6.07) is 32.1. The molecule has 0 aromatic heterocycles. The molecule has 4 aromatic rings. The van der Waals surface area contributed by atoms with Crippen LogP contribution in [0.2, 0.25) is 0 Å². The maximum absolute atomic E-state index is 14.6. The standard InChI is InChI=1S/C33H31NO4/c1-2-3-18-36-28-22-30-29(37-19-20-38-30)21-26(28)31-25-16-10-11-17-27(25)34(33(31)35)32(23-12-6-4-7-13-23)24-14-8-5-9-15-24/h4-17,21-22,31-32H,2-3,18-20H2,1H3. The van der Waals surface area contributed by atoms with Crippen molar-refractivity contribution in [2.45, 2.75) is 31.7 Å². The van der Waals surface area contributed by atoms with Crippen LogP contribution in [0.1, 0.15) is 54.0 Å². The van der Waals surface area contributed by atoms with Gasteiger partial charge in [-0.15, -0.1) is 0 Å². The van der Waals surface area contributed by atoms with Crippen molar-refractivity contribution in [3.63, 3.8) is 0 Å². The largest absolute Gasteiger partial charge is 0.493 e. The van der Waals surface area contributed by atoms with Crippen LogP contribution in [-0.4, -0.2) is 25.7 Å². The third kappa shape index (κ3) is 4.38. The van der Waals surface area contributed by atoms with Crippen LogP contribution >= 0.6 is 0 Å². The van der Waals surface area contributed by atoms with Crippen LogP contribution in [0, 0.1) is 0 Å². The van der Waals surface area contributed by atoms with Gasteiger partial charge in [-0.25, -0.2) is 0 Å². The second-order valence-corrected chi connectivity index (χ2v) is 9.66. The third-order valence-corrected chi connectivity index (χ3v) is 7.22. The lowest BCUT2D eigenvalue weighted by Gasteiger charge is -2.30. The first-order valence-electron chi connectivity index (χ1n) is 13.3. The average molecular weight is 506 g/mol. The van der Waals surface area contributed by atoms with Crippen molar-refractivity contribution in [3.8, 4) is 17.2 Å². The zero-order chi connectivity index (χ0) is 25.9. The Hall–Kier alpha value is -4.25. The molecule has 6 rings (SSSR count). The monoisotopic (exact) mass is 505 g/mol. The van der Waals surface area contributed by atoms with Gasteiger partial charge in [0.15, 0.2) is 11.5 Å². The minimum Gasteiger partial charge on any atom is -0.493 e. The lowest BCUT2D eigenvalue weighted by atomic mass is 9.91. The third-order valence-electron chi connectivity index (χ3n) is 7.22. The van der Waals surface area contributed by atoms with Gasteiger partial charge in [0.25, 0.3) is 0 Å². The van der Waals surface area contributed by atoms with Gasteiger partial charge in [-0.3, -0.25) is 9.69 Å². The highest BCUT2D eigenvalue weighted by Crippen LogP contribution is 2.50. The summed E-state index contributed by atoms with van der Waals surface area (Å²) in [4.78, 5) is 16.6. The number of nitrogens with zero attached hydrogens (tertiary/aromatic N) is 1. The number of hydrogen-bond acceptors (Lipinski definition) is 4. The fraction of sp³-hybridized carbons (Fsp3) is 0.242. The van der Waals surface area contributed by atoms with E-state index in [0.29, 0.717) is 37.1 Å². The molecule has 0 saturated heterocycles. The quantitative estimate of drug-likeness (QED) is 0.244. The van der Waals surface area contributed by atoms with E-state index in [1.807, 2.05) is 71.6 Å². The Bertz CT molecular complexity index is 1380. The van der Waals surface area contributed by atoms with Crippen molar-refractivity contribution in [2.75, 3.05) is 24.7 Å². The molecule has 0 aliphatic carbocycles. The van der Waals surface area contributed by atoms with Crippen molar-refractivity contribution in [1.82, 2.24) is 0 Å². The normalized spacial score (nSPS) is 16.0. The van der Waals surface area contributed by atoms with E-state index >= 15 is 0 Å². The molecule has 2 aliphatic heterocycles. The number of anilines is 1. The van der Waals surface area contributed by atoms with Gasteiger partial charge in [0.05, 0.1) is 18.6 Å². The zero-order valence-electron chi connectivity index (χ0n) is 21.5. The summed E-state index contributed by atoms with van der Waals surface area (Å²) in [6.07, 6.45) is 1.95. The van der Waals surface area contributed by atoms with Gasteiger partial charge in [-0.05, 0) is 35.2 Å². The molecule has 1 atom stereocenters. The number of fused-ring (bicyclic) bond motifs is 2. The van der Waals surface area contributed by atoms with E-state index in [1.54, 1.807) is 0 Å². The van der Waals surface area contributed by atoms with E-state index in [1.165, 1.54) is 0 Å². The van der Waals surface area contributed by atoms with Crippen LogP contribution in [0.15, 0.2) is 97.1 Å². The summed E-state index contributed by atoms with van der Waals surface area (Å²) in [5.41, 5.74) is 4.80. The number of carbonyl (C=O) groups excluding carboxylic acids is 1. The minimum atomic E-state index is -0.520. The Morgan fingerprint density at radius 2 is 1.42 bits per heavy atom. The molecule has 0 fully saturated rings. The number of ether oxygens (including phenoxy) is 3. The first-order valence-corrected chi connectivity index (χ1v) is 13.3. The van der Waals surface area contributed by atoms with Gasteiger partial charge in [0, 0.05) is 17.3 Å². The average Bonchev–Trinajstić information content (AvgIpc) is 3.25. The maximum Gasteiger partial charge on any atom is 0.240 e. The zero-order valence-corrected chi connectivity index (χ0v) is 21.5. The first-order chi connectivity index (χ1) is 18.8. The molecule has 192 valence electrons. The molecule has 2 aliphatic rings. The fourth-order valence-electron chi connectivity index (χ4n) is 5.43. The van der Waals surface area contributed by atoms with Crippen LogP contribution < -0.4 is 19.1 Å². The highest BCUT2D eigenvalue weighted by atomic mass is 16.6. The van der Waals surface area contributed by atoms with Gasteiger partial charge in [0.2, 0.25) is 5.91 Å². The van der Waals surface area contributed by atoms with Crippen LogP contribution in [0.3, 0.4) is 0 Å². The van der Waals surface area contributed by atoms with Crippen molar-refractivity contribution >= 4 is 11.6 Å². The summed E-state index contributed by atoms with van der Waals surface area (Å²) < 4.78 is 18.1. The number of hydrogen-bond donors (Lipinski definition) is 0. The van der Waals surface area contributed by atoms with Gasteiger partial charge in [0.1, 0.15) is 19.0 Å². The van der Waals surface area contributed by atoms with Crippen molar-refractivity contribution in [2.24, 2.45) is 0 Å². The van der Waals surface area contributed by atoms with E-state index in [9.17, 15) is 4.79 Å². The number of amides is 1. The van der Waals surface area contributed by atoms with E-state index in [-0.39, 0.29) is 11.9 Å². The molecule has 38 heavy (non-hydrogen) atoms. The van der Waals surface area contributed by atoms with Crippen LogP contribution in [0.5, 0.6) is 17.2 Å². The van der Waals surface area contributed by atoms with Crippen LogP contribution in [0.25, 0.3) is 0 Å². The summed E-state index contributed by atoms with van der Waals surface area (Å²) in [7, 11) is 0. The van der Waals surface area contributed by atoms with E-state index < -0.39 is 5.92 Å². The van der Waals surface area contributed by atoms with Crippen molar-refractivity contribution in [1.29, 1.82) is 0 Å². The molecule has 5 nitrogen and oxygen atoms in total. The highest BCUT2D eigenvalue weighted by molar-refractivity contribution is 6.08. The molecule has 5 heteroatoms. The van der Waals surface area contributed by atoms with Gasteiger partial charge >= 0.3 is 0 Å². The molecule has 1 unspecified atom stereocenters. The number of carbonyl (C=O) groups is 1. The molecule has 4 aromatic carbocycles. The Balaban J connectivity index is 1.50. The van der Waals surface area contributed by atoms with Crippen LogP contribution in [0.4, 0.5) is 5.69 Å².